The predicted octanol–water partition coefficient (Wildman–Crippen LogP) is 7.94. The average molecular weight is 1110 g/mol. The van der Waals surface area contributed by atoms with E-state index in [1.54, 1.807) is 11.0 Å². The fourth-order valence-corrected chi connectivity index (χ4v) is 13.3. The highest BCUT2D eigenvalue weighted by molar-refractivity contribution is 6.34. The van der Waals surface area contributed by atoms with Crippen LogP contribution in [0.15, 0.2) is 67.3 Å². The zero-order chi connectivity index (χ0) is 56.3. The second kappa shape index (κ2) is 21.8. The number of primary amides is 1. The number of benzene rings is 4. The molecule has 5 heterocycles. The van der Waals surface area contributed by atoms with Gasteiger partial charge >= 0.3 is 6.03 Å². The number of piperidine rings is 2. The normalized spacial score (nSPS) is 25.8. The van der Waals surface area contributed by atoms with Crippen molar-refractivity contribution in [3.63, 3.8) is 0 Å². The summed E-state index contributed by atoms with van der Waals surface area (Å²) < 4.78 is 78.9. The summed E-state index contributed by atoms with van der Waals surface area (Å²) in [6.07, 6.45) is 4.98. The van der Waals surface area contributed by atoms with Gasteiger partial charge in [0, 0.05) is 104 Å². The molecule has 0 bridgehead atoms. The Balaban J connectivity index is 0.772. The molecule has 21 heteroatoms. The first-order chi connectivity index (χ1) is 37.7. The van der Waals surface area contributed by atoms with Gasteiger partial charge in [0.05, 0.1) is 22.6 Å². The van der Waals surface area contributed by atoms with Gasteiger partial charge in [-0.05, 0) is 81.2 Å². The molecule has 1 aliphatic carbocycles. The molecule has 3 saturated heterocycles. The number of ether oxygens (including phenoxy) is 2. The summed E-state index contributed by atoms with van der Waals surface area (Å²) in [6, 6.07) is 13.3. The molecule has 4 fully saturated rings. The minimum atomic E-state index is -1.57. The third kappa shape index (κ3) is 10.0. The van der Waals surface area contributed by atoms with E-state index in [9.17, 15) is 29.4 Å². The Labute approximate surface area is 459 Å². The van der Waals surface area contributed by atoms with Crippen LogP contribution in [0.25, 0.3) is 22.0 Å². The van der Waals surface area contributed by atoms with Crippen molar-refractivity contribution in [3.05, 3.63) is 118 Å². The molecule has 1 aromatic heterocycles. The summed E-state index contributed by atoms with van der Waals surface area (Å²) in [7, 11) is 1.54. The Morgan fingerprint density at radius 3 is 2.37 bits per heavy atom. The van der Waals surface area contributed by atoms with Crippen LogP contribution in [0.2, 0.25) is 5.02 Å². The molecule has 5 aromatic rings. The number of aliphatic hydroxyl groups is 2. The predicted molar refractivity (Wildman–Crippen MR) is 288 cm³/mol. The second-order valence-electron chi connectivity index (χ2n) is 22.2. The molecule has 10 rings (SSSR count). The Morgan fingerprint density at radius 1 is 0.975 bits per heavy atom. The van der Waals surface area contributed by atoms with Crippen LogP contribution < -0.4 is 30.7 Å². The van der Waals surface area contributed by atoms with Crippen molar-refractivity contribution in [2.45, 2.75) is 94.3 Å². The van der Waals surface area contributed by atoms with Crippen LogP contribution in [-0.4, -0.2) is 124 Å². The fourth-order valence-electron chi connectivity index (χ4n) is 13.1. The fraction of sp³-hybridized carbons (Fsp3) is 0.466. The van der Waals surface area contributed by atoms with Gasteiger partial charge in [0.2, 0.25) is 11.8 Å². The van der Waals surface area contributed by atoms with Crippen LogP contribution in [0.1, 0.15) is 104 Å². The van der Waals surface area contributed by atoms with E-state index < -0.39 is 81.2 Å². The molecule has 16 nitrogen and oxygen atoms in total. The quantitative estimate of drug-likeness (QED) is 0.0503. The zero-order valence-electron chi connectivity index (χ0n) is 44.4. The van der Waals surface area contributed by atoms with Crippen molar-refractivity contribution in [1.29, 1.82) is 0 Å². The molecule has 5 aliphatic rings. The SMILES string of the molecule is C=C[C@]1(C)CN(CC2CCN(C(=O)C3(O)CCC(NC[C@]4(c5ccccc5)Oc5cc(F)c(Cl)c(-c6c(C(N)=O)ccc(OCCO)c6F)c5[C@@H]4C)CC3)CC2)CC[C@@H]1c1c(F)cc2c(N3CCC(=O)NC3=O)nn(C)c2c1F. The van der Waals surface area contributed by atoms with Crippen LogP contribution in [0, 0.1) is 34.6 Å². The summed E-state index contributed by atoms with van der Waals surface area (Å²) in [4.78, 5) is 56.7. The lowest BCUT2D eigenvalue weighted by Crippen LogP contribution is -2.56. The maximum absolute atomic E-state index is 16.7. The molecule has 4 aliphatic heterocycles. The molecular formula is C58H65ClF4N8O8. The molecular weight excluding hydrogens is 1050 g/mol. The van der Waals surface area contributed by atoms with Gasteiger partial charge in [-0.1, -0.05) is 61.9 Å². The molecule has 0 radical (unpaired) electrons. The van der Waals surface area contributed by atoms with Crippen molar-refractivity contribution in [3.8, 4) is 22.6 Å². The highest BCUT2D eigenvalue weighted by Crippen LogP contribution is 2.57. The summed E-state index contributed by atoms with van der Waals surface area (Å²) >= 11 is 6.72. The van der Waals surface area contributed by atoms with E-state index in [1.807, 2.05) is 44.2 Å². The number of amides is 5. The van der Waals surface area contributed by atoms with Gasteiger partial charge in [0.1, 0.15) is 35.1 Å². The van der Waals surface area contributed by atoms with E-state index in [1.165, 1.54) is 34.8 Å². The van der Waals surface area contributed by atoms with E-state index in [2.05, 4.69) is 27.2 Å². The van der Waals surface area contributed by atoms with Crippen LogP contribution in [-0.2, 0) is 22.2 Å². The van der Waals surface area contributed by atoms with Gasteiger partial charge in [0.25, 0.3) is 5.91 Å². The second-order valence-corrected chi connectivity index (χ2v) is 22.5. The number of hydrogen-bond donors (Lipinski definition) is 5. The molecule has 0 unspecified atom stereocenters. The number of nitrogens with two attached hydrogens (primary N) is 1. The number of imide groups is 1. The third-order valence-electron chi connectivity index (χ3n) is 17.4. The van der Waals surface area contributed by atoms with Crippen LogP contribution in [0.5, 0.6) is 11.5 Å². The van der Waals surface area contributed by atoms with Crippen LogP contribution in [0.3, 0.4) is 0 Å². The van der Waals surface area contributed by atoms with E-state index in [0.717, 1.165) is 11.6 Å². The van der Waals surface area contributed by atoms with E-state index in [-0.39, 0.29) is 107 Å². The number of halogens is 5. The number of aromatic nitrogens is 2. The first kappa shape index (κ1) is 55.7. The first-order valence-corrected chi connectivity index (χ1v) is 27.3. The van der Waals surface area contributed by atoms with Gasteiger partial charge in [-0.2, -0.15) is 5.10 Å². The summed E-state index contributed by atoms with van der Waals surface area (Å²) in [6.45, 7) is 10.2. The van der Waals surface area contributed by atoms with Gasteiger partial charge in [-0.25, -0.2) is 22.4 Å². The number of anilines is 1. The molecule has 5 amide bonds. The Morgan fingerprint density at radius 2 is 1.70 bits per heavy atom. The number of hydrogen-bond acceptors (Lipinski definition) is 11. The number of likely N-dealkylation sites (tertiary alicyclic amines) is 2. The van der Waals surface area contributed by atoms with Crippen molar-refractivity contribution in [2.24, 2.45) is 24.1 Å². The van der Waals surface area contributed by atoms with Gasteiger partial charge < -0.3 is 40.5 Å². The smallest absolute Gasteiger partial charge is 0.329 e. The number of urea groups is 1. The number of aliphatic hydroxyl groups excluding tert-OH is 1. The Kier molecular flexibility index (Phi) is 15.4. The number of aryl methyl sites for hydroxylation is 1. The number of carbonyl (C=O) groups excluding carboxylic acids is 4. The van der Waals surface area contributed by atoms with Crippen LogP contribution in [0.4, 0.5) is 28.2 Å². The summed E-state index contributed by atoms with van der Waals surface area (Å²) in [5.74, 6) is -6.22. The number of fused-ring (bicyclic) bond motifs is 2. The van der Waals surface area contributed by atoms with Crippen molar-refractivity contribution in [1.82, 2.24) is 30.2 Å². The summed E-state index contributed by atoms with van der Waals surface area (Å²) in [5, 5.41) is 31.3. The Hall–Kier alpha value is -6.58. The number of nitrogens with one attached hydrogen (secondary N) is 2. The minimum absolute atomic E-state index is 0.0308. The van der Waals surface area contributed by atoms with E-state index in [0.29, 0.717) is 70.4 Å². The number of rotatable bonds is 15. The lowest BCUT2D eigenvalue weighted by Gasteiger charge is -2.47. The highest BCUT2D eigenvalue weighted by Gasteiger charge is 2.51. The lowest BCUT2D eigenvalue weighted by molar-refractivity contribution is -0.156. The maximum atomic E-state index is 16.7. The van der Waals surface area contributed by atoms with Crippen LogP contribution >= 0.6 is 11.6 Å². The number of carbonyl (C=O) groups is 4. The summed E-state index contributed by atoms with van der Waals surface area (Å²) in [5.41, 5.74) is 2.60. The Bertz CT molecular complexity index is 3240. The van der Waals surface area contributed by atoms with Crippen molar-refractivity contribution in [2.75, 3.05) is 63.9 Å². The first-order valence-electron chi connectivity index (χ1n) is 26.9. The number of nitrogens with zero attached hydrogens (tertiary/aromatic N) is 5. The van der Waals surface area contributed by atoms with E-state index >= 15 is 17.6 Å². The zero-order valence-corrected chi connectivity index (χ0v) is 45.1. The standard InChI is InChI=1S/C58H65ClF4N8O8/c1-5-56(3)31-69(21-17-38(56)46-39(60)27-37-51(50(46)63)68(4)67-53(37)71-24-18-43(73)66-55(71)76)29-33-15-22-70(23-16-33)54(75)57(77)19-13-35(14-20-57)65-30-58(34-9-7-6-8-10-34)32(2)44-42(79-58)28-40(61)48(59)47(44)45-36(52(64)74)11-12-41(49(45)62)78-26-25-72/h5-12,27-28,32-33,35,38,65,72,77H,1,13-26,29-31H2,2-4H3,(H2,64,74)(H,66,73,76)/t32-,35?,38+,56+,57?,58-/m0/s1. The van der Waals surface area contributed by atoms with Crippen molar-refractivity contribution < 1.29 is 56.4 Å². The molecule has 4 aromatic carbocycles. The molecule has 1 saturated carbocycles. The maximum Gasteiger partial charge on any atom is 0.329 e. The van der Waals surface area contributed by atoms with Gasteiger partial charge in [0.15, 0.2) is 28.8 Å². The highest BCUT2D eigenvalue weighted by atomic mass is 35.5. The molecule has 0 spiro atoms. The monoisotopic (exact) mass is 1110 g/mol. The topological polar surface area (TPSA) is 205 Å². The van der Waals surface area contributed by atoms with Gasteiger partial charge in [-0.15, -0.1) is 6.58 Å². The minimum Gasteiger partial charge on any atom is -0.488 e. The van der Waals surface area contributed by atoms with Crippen molar-refractivity contribution >= 4 is 52.1 Å². The third-order valence-corrected chi connectivity index (χ3v) is 17.8. The molecule has 420 valence electrons. The molecule has 79 heavy (non-hydrogen) atoms. The largest absolute Gasteiger partial charge is 0.488 e. The van der Waals surface area contributed by atoms with E-state index in [4.69, 9.17) is 26.8 Å². The average Bonchev–Trinajstić information content (AvgIpc) is 3.83. The molecule has 6 N–H and O–H groups in total. The molecule has 4 atom stereocenters. The lowest BCUT2D eigenvalue weighted by atomic mass is 9.68. The van der Waals surface area contributed by atoms with Gasteiger partial charge in [-0.3, -0.25) is 29.3 Å².